The minimum absolute atomic E-state index is 0.00311. The van der Waals surface area contributed by atoms with Crippen molar-refractivity contribution >= 4 is 52.9 Å². The average Bonchev–Trinajstić information content (AvgIpc) is 3.51. The maximum Gasteiger partial charge on any atom is 0.407 e. The molecule has 49 heavy (non-hydrogen) atoms. The zero-order chi connectivity index (χ0) is 35.0. The van der Waals surface area contributed by atoms with Gasteiger partial charge in [-0.1, -0.05) is 47.6 Å². The van der Waals surface area contributed by atoms with Crippen LogP contribution in [0, 0.1) is 22.7 Å². The number of anilines is 1. The second-order valence-corrected chi connectivity index (χ2v) is 14.5. The lowest BCUT2D eigenvalue weighted by atomic mass is 9.96. The fraction of sp³-hybridized carbons (Fsp3) is 0.333. The van der Waals surface area contributed by atoms with Gasteiger partial charge in [-0.25, -0.2) is 14.8 Å². The summed E-state index contributed by atoms with van der Waals surface area (Å²) in [6.07, 6.45) is 2.59. The van der Waals surface area contributed by atoms with E-state index in [-0.39, 0.29) is 13.0 Å². The molecule has 1 radical (unpaired) electrons. The number of benzene rings is 2. The predicted molar refractivity (Wildman–Crippen MR) is 192 cm³/mol. The fourth-order valence-corrected chi connectivity index (χ4v) is 6.92. The Bertz CT molecular complexity index is 1870. The Kier molecular flexibility index (Phi) is 11.8. The highest BCUT2D eigenvalue weighted by Crippen LogP contribution is 2.40. The molecule has 0 bridgehead atoms. The number of nitriles is 2. The van der Waals surface area contributed by atoms with E-state index in [0.29, 0.717) is 56.0 Å². The Balaban J connectivity index is 1.34. The number of aromatic nitrogens is 2. The third-order valence-corrected chi connectivity index (χ3v) is 9.65. The quantitative estimate of drug-likeness (QED) is 0.136. The number of hydrogen-bond acceptors (Lipinski definition) is 11. The third-order valence-electron chi connectivity index (χ3n) is 7.45. The second kappa shape index (κ2) is 16.2. The molecule has 13 heteroatoms. The molecule has 251 valence electrons. The molecule has 2 aromatic heterocycles. The first-order valence-electron chi connectivity index (χ1n) is 15.6. The van der Waals surface area contributed by atoms with Crippen LogP contribution in [0.15, 0.2) is 58.9 Å². The molecule has 1 saturated heterocycles. The number of carbonyl (C=O) groups excluding carboxylic acids is 2. The van der Waals surface area contributed by atoms with E-state index in [4.69, 9.17) is 31.0 Å². The van der Waals surface area contributed by atoms with Gasteiger partial charge in [-0.05, 0) is 57.0 Å². The Morgan fingerprint density at radius 1 is 1.06 bits per heavy atom. The Labute approximate surface area is 299 Å². The molecule has 0 saturated carbocycles. The smallest absolute Gasteiger partial charge is 0.407 e. The molecular formula is C36H34ClN6O4S2. The number of hydrogen-bond donors (Lipinski definition) is 1. The molecular weight excluding hydrogens is 680 g/mol. The van der Waals surface area contributed by atoms with Crippen molar-refractivity contribution in [3.05, 3.63) is 75.8 Å². The van der Waals surface area contributed by atoms with Gasteiger partial charge in [0.15, 0.2) is 0 Å². The summed E-state index contributed by atoms with van der Waals surface area (Å²) in [5.74, 6) is 1.62. The van der Waals surface area contributed by atoms with E-state index in [2.05, 4.69) is 22.4 Å². The number of rotatable bonds is 13. The van der Waals surface area contributed by atoms with Crippen molar-refractivity contribution in [3.8, 4) is 39.6 Å². The van der Waals surface area contributed by atoms with Gasteiger partial charge < -0.3 is 19.7 Å². The summed E-state index contributed by atoms with van der Waals surface area (Å²) in [5.41, 5.74) is 3.07. The van der Waals surface area contributed by atoms with Crippen LogP contribution in [0.4, 0.5) is 10.6 Å². The normalized spacial score (nSPS) is 13.1. The van der Waals surface area contributed by atoms with E-state index in [1.165, 1.54) is 23.1 Å². The van der Waals surface area contributed by atoms with Crippen molar-refractivity contribution in [2.45, 2.75) is 62.5 Å². The molecule has 0 aliphatic carbocycles. The number of nitrogens with one attached hydrogen (secondary N) is 1. The first-order valence-corrected chi connectivity index (χ1v) is 17.9. The van der Waals surface area contributed by atoms with Crippen LogP contribution in [0.3, 0.4) is 0 Å². The molecule has 1 aliphatic rings. The van der Waals surface area contributed by atoms with Gasteiger partial charge in [-0.3, -0.25) is 4.79 Å². The highest BCUT2D eigenvalue weighted by atomic mass is 35.5. The number of alkyl carbamates (subject to hydrolysis) is 1. The number of pyridine rings is 1. The van der Waals surface area contributed by atoms with Crippen molar-refractivity contribution in [1.29, 1.82) is 10.5 Å². The summed E-state index contributed by atoms with van der Waals surface area (Å²) < 4.78 is 11.2. The molecule has 5 rings (SSSR count). The summed E-state index contributed by atoms with van der Waals surface area (Å²) in [6, 6.07) is 18.9. The minimum Gasteiger partial charge on any atom is -0.494 e. The first-order chi connectivity index (χ1) is 23.6. The largest absolute Gasteiger partial charge is 0.494 e. The number of nitrogens with zero attached hydrogens (tertiary/aromatic N) is 5. The van der Waals surface area contributed by atoms with Crippen molar-refractivity contribution in [3.63, 3.8) is 0 Å². The lowest BCUT2D eigenvalue weighted by Gasteiger charge is -2.33. The van der Waals surface area contributed by atoms with Gasteiger partial charge in [0, 0.05) is 59.3 Å². The number of amides is 1. The molecule has 0 spiro atoms. The van der Waals surface area contributed by atoms with E-state index < -0.39 is 17.7 Å². The summed E-state index contributed by atoms with van der Waals surface area (Å²) in [6.45, 7) is 7.08. The first kappa shape index (κ1) is 35.7. The van der Waals surface area contributed by atoms with Gasteiger partial charge in [0.1, 0.15) is 44.9 Å². The average molecular weight is 714 g/mol. The minimum atomic E-state index is -0.664. The maximum absolute atomic E-state index is 12.2. The van der Waals surface area contributed by atoms with E-state index in [9.17, 15) is 20.1 Å². The van der Waals surface area contributed by atoms with Gasteiger partial charge in [0.05, 0.1) is 17.9 Å². The van der Waals surface area contributed by atoms with Crippen molar-refractivity contribution in [1.82, 2.24) is 15.3 Å². The van der Waals surface area contributed by atoms with E-state index in [1.807, 2.05) is 48.1 Å². The Morgan fingerprint density at radius 2 is 1.76 bits per heavy atom. The molecule has 1 unspecified atom stereocenters. The standard InChI is InChI=1S/C36H34ClN6O4S2/c1-36(2,3)47-35(45)41-26(13-17-44)14-18-46-28-11-7-23(8-12-28)31-29(19-38)32(43-15-4-16-43)42-34(30(31)20-39)49-22-27-21-48-33(40-27)24-5-9-25(37)10-6-24/h5-12,21,26H,4,13-16,18,22H2,1-3H3,(H,41,45). The number of ether oxygens (including phenoxy) is 2. The molecule has 3 heterocycles. The van der Waals surface area contributed by atoms with Gasteiger partial charge in [-0.15, -0.1) is 11.3 Å². The fourth-order valence-electron chi connectivity index (χ4n) is 4.99. The number of thiazole rings is 1. The third kappa shape index (κ3) is 9.30. The summed E-state index contributed by atoms with van der Waals surface area (Å²) in [5, 5.41) is 27.5. The lowest BCUT2D eigenvalue weighted by molar-refractivity contribution is 0.0500. The molecule has 1 amide bonds. The van der Waals surface area contributed by atoms with Crippen LogP contribution in [0.1, 0.15) is 56.9 Å². The number of thioether (sulfide) groups is 1. The molecule has 2 aromatic carbocycles. The van der Waals surface area contributed by atoms with Gasteiger partial charge in [0.25, 0.3) is 0 Å². The van der Waals surface area contributed by atoms with Gasteiger partial charge in [-0.2, -0.15) is 10.5 Å². The number of halogens is 1. The maximum atomic E-state index is 12.2. The molecule has 1 aliphatic heterocycles. The molecule has 1 atom stereocenters. The SMILES string of the molecule is CC(C)(C)OC(=O)NC(C[C]=O)CCOc1ccc(-c2c(C#N)c(SCc3csc(-c4ccc(Cl)cc4)n3)nc(N3CCC3)c2C#N)cc1. The topological polar surface area (TPSA) is 141 Å². The van der Waals surface area contributed by atoms with Gasteiger partial charge in [0.2, 0.25) is 6.29 Å². The summed E-state index contributed by atoms with van der Waals surface area (Å²) in [7, 11) is 0. The molecule has 4 aromatic rings. The van der Waals surface area contributed by atoms with Crippen LogP contribution >= 0.6 is 34.7 Å². The van der Waals surface area contributed by atoms with E-state index in [0.717, 1.165) is 35.8 Å². The van der Waals surface area contributed by atoms with Crippen LogP contribution < -0.4 is 15.0 Å². The highest BCUT2D eigenvalue weighted by molar-refractivity contribution is 7.98. The zero-order valence-electron chi connectivity index (χ0n) is 27.3. The van der Waals surface area contributed by atoms with Crippen molar-refractivity contribution < 1.29 is 19.1 Å². The van der Waals surface area contributed by atoms with Crippen LogP contribution in [0.2, 0.25) is 5.02 Å². The van der Waals surface area contributed by atoms with Crippen molar-refractivity contribution in [2.24, 2.45) is 0 Å². The van der Waals surface area contributed by atoms with E-state index >= 15 is 0 Å². The van der Waals surface area contributed by atoms with Crippen LogP contribution in [-0.2, 0) is 15.3 Å². The van der Waals surface area contributed by atoms with Crippen molar-refractivity contribution in [2.75, 3.05) is 24.6 Å². The van der Waals surface area contributed by atoms with Crippen LogP contribution in [-0.4, -0.2) is 53.7 Å². The monoisotopic (exact) mass is 713 g/mol. The highest BCUT2D eigenvalue weighted by Gasteiger charge is 2.27. The summed E-state index contributed by atoms with van der Waals surface area (Å²) in [4.78, 5) is 34.9. The predicted octanol–water partition coefficient (Wildman–Crippen LogP) is 7.93. The lowest BCUT2D eigenvalue weighted by Crippen LogP contribution is -2.40. The summed E-state index contributed by atoms with van der Waals surface area (Å²) >= 11 is 9.00. The van der Waals surface area contributed by atoms with Crippen LogP contribution in [0.25, 0.3) is 21.7 Å². The second-order valence-electron chi connectivity index (χ2n) is 12.2. The molecule has 1 fully saturated rings. The number of carbonyl (C=O) groups is 1. The van der Waals surface area contributed by atoms with Crippen LogP contribution in [0.5, 0.6) is 5.75 Å². The zero-order valence-corrected chi connectivity index (χ0v) is 29.7. The Hall–Kier alpha value is -4.62. The molecule has 1 N–H and O–H groups in total. The molecule has 10 nitrogen and oxygen atoms in total. The van der Waals surface area contributed by atoms with E-state index in [1.54, 1.807) is 32.9 Å². The Morgan fingerprint density at radius 3 is 2.37 bits per heavy atom. The van der Waals surface area contributed by atoms with Gasteiger partial charge >= 0.3 is 6.09 Å².